The van der Waals surface area contributed by atoms with Gasteiger partial charge in [0.25, 0.3) is 0 Å². The third kappa shape index (κ3) is 3.78. The molecule has 0 saturated heterocycles. The monoisotopic (exact) mass is 255 g/mol. The number of halogens is 3. The number of hydrogen-bond acceptors (Lipinski definition) is 1. The van der Waals surface area contributed by atoms with Crippen LogP contribution in [0.1, 0.15) is 38.3 Å². The Bertz CT molecular complexity index is 437. The summed E-state index contributed by atoms with van der Waals surface area (Å²) in [4.78, 5) is 0. The molecule has 1 aromatic rings. The molecular weight excluding hydrogens is 239 g/mol. The first-order chi connectivity index (χ1) is 8.60. The number of rotatable bonds is 5. The van der Waals surface area contributed by atoms with Crippen LogP contribution < -0.4 is 5.32 Å². The maximum Gasteiger partial charge on any atom is 0.133 e. The van der Waals surface area contributed by atoms with E-state index in [1.54, 1.807) is 6.92 Å². The third-order valence-corrected chi connectivity index (χ3v) is 2.52. The van der Waals surface area contributed by atoms with Crippen LogP contribution in [0, 0.1) is 29.3 Å². The maximum atomic E-state index is 13.6. The smallest absolute Gasteiger partial charge is 0.133 e. The molecule has 0 fully saturated rings. The summed E-state index contributed by atoms with van der Waals surface area (Å²) in [5.74, 6) is 2.81. The SMILES string of the molecule is CC#CCC(NCCC)c1c(F)cc(F)cc1F. The normalized spacial score (nSPS) is 11.8. The molecule has 1 aromatic carbocycles. The molecule has 0 aliphatic rings. The van der Waals surface area contributed by atoms with Crippen LogP contribution in [0.25, 0.3) is 0 Å². The fourth-order valence-corrected chi connectivity index (χ4v) is 1.69. The van der Waals surface area contributed by atoms with Gasteiger partial charge >= 0.3 is 0 Å². The van der Waals surface area contributed by atoms with Gasteiger partial charge in [-0.2, -0.15) is 0 Å². The van der Waals surface area contributed by atoms with Gasteiger partial charge in [-0.1, -0.05) is 6.92 Å². The fraction of sp³-hybridized carbons (Fsp3) is 0.429. The molecule has 0 heterocycles. The van der Waals surface area contributed by atoms with Gasteiger partial charge in [-0.15, -0.1) is 11.8 Å². The Morgan fingerprint density at radius 2 is 1.83 bits per heavy atom. The first-order valence-electron chi connectivity index (χ1n) is 5.87. The Morgan fingerprint density at radius 3 is 2.33 bits per heavy atom. The summed E-state index contributed by atoms with van der Waals surface area (Å²) in [6.07, 6.45) is 1.12. The van der Waals surface area contributed by atoms with Gasteiger partial charge in [-0.05, 0) is 19.9 Å². The van der Waals surface area contributed by atoms with Crippen molar-refractivity contribution in [3.63, 3.8) is 0 Å². The molecule has 0 saturated carbocycles. The van der Waals surface area contributed by atoms with E-state index in [9.17, 15) is 13.2 Å². The van der Waals surface area contributed by atoms with Crippen LogP contribution in [0.15, 0.2) is 12.1 Å². The molecule has 1 atom stereocenters. The molecular formula is C14H16F3N. The van der Waals surface area contributed by atoms with Crippen molar-refractivity contribution in [2.45, 2.75) is 32.7 Å². The number of nitrogens with one attached hydrogen (secondary N) is 1. The lowest BCUT2D eigenvalue weighted by Gasteiger charge is -2.18. The summed E-state index contributed by atoms with van der Waals surface area (Å²) < 4.78 is 40.1. The Kier molecular flexibility index (Phi) is 5.73. The largest absolute Gasteiger partial charge is 0.309 e. The van der Waals surface area contributed by atoms with E-state index < -0.39 is 23.5 Å². The van der Waals surface area contributed by atoms with Crippen LogP contribution in [-0.2, 0) is 0 Å². The molecule has 0 spiro atoms. The van der Waals surface area contributed by atoms with Gasteiger partial charge in [0.05, 0.1) is 0 Å². The van der Waals surface area contributed by atoms with Crippen molar-refractivity contribution in [1.29, 1.82) is 0 Å². The average Bonchev–Trinajstić information content (AvgIpc) is 2.30. The standard InChI is InChI=1S/C14H16F3N/c1-3-5-6-13(18-7-4-2)14-11(16)8-10(15)9-12(14)17/h8-9,13,18H,4,6-7H2,1-2H3. The van der Waals surface area contributed by atoms with Crippen LogP contribution in [0.3, 0.4) is 0 Å². The van der Waals surface area contributed by atoms with E-state index in [0.717, 1.165) is 6.42 Å². The average molecular weight is 255 g/mol. The Morgan fingerprint density at radius 1 is 1.22 bits per heavy atom. The van der Waals surface area contributed by atoms with Crippen molar-refractivity contribution >= 4 is 0 Å². The van der Waals surface area contributed by atoms with Crippen LogP contribution in [-0.4, -0.2) is 6.54 Å². The predicted octanol–water partition coefficient (Wildman–Crippen LogP) is 3.56. The van der Waals surface area contributed by atoms with Crippen molar-refractivity contribution in [2.24, 2.45) is 0 Å². The molecule has 1 nitrogen and oxygen atoms in total. The van der Waals surface area contributed by atoms with E-state index in [0.29, 0.717) is 18.7 Å². The van der Waals surface area contributed by atoms with Crippen molar-refractivity contribution in [2.75, 3.05) is 6.54 Å². The van der Waals surface area contributed by atoms with E-state index in [2.05, 4.69) is 17.2 Å². The van der Waals surface area contributed by atoms with E-state index in [1.807, 2.05) is 6.92 Å². The van der Waals surface area contributed by atoms with Crippen molar-refractivity contribution in [3.05, 3.63) is 35.1 Å². The molecule has 98 valence electrons. The van der Waals surface area contributed by atoms with Crippen molar-refractivity contribution < 1.29 is 13.2 Å². The van der Waals surface area contributed by atoms with E-state index >= 15 is 0 Å². The number of benzene rings is 1. The molecule has 0 aliphatic heterocycles. The van der Waals surface area contributed by atoms with Gasteiger partial charge in [-0.25, -0.2) is 13.2 Å². The minimum Gasteiger partial charge on any atom is -0.309 e. The van der Waals surface area contributed by atoms with Gasteiger partial charge < -0.3 is 5.32 Å². The summed E-state index contributed by atoms with van der Waals surface area (Å²) in [6.45, 7) is 4.23. The van der Waals surface area contributed by atoms with Gasteiger partial charge in [0.15, 0.2) is 0 Å². The molecule has 0 bridgehead atoms. The van der Waals surface area contributed by atoms with Gasteiger partial charge in [-0.3, -0.25) is 0 Å². The zero-order valence-electron chi connectivity index (χ0n) is 10.5. The molecule has 1 N–H and O–H groups in total. The number of hydrogen-bond donors (Lipinski definition) is 1. The first kappa shape index (κ1) is 14.6. The summed E-state index contributed by atoms with van der Waals surface area (Å²) >= 11 is 0. The van der Waals surface area contributed by atoms with Crippen LogP contribution in [0.5, 0.6) is 0 Å². The lowest BCUT2D eigenvalue weighted by molar-refractivity contribution is 0.461. The second-order valence-corrected chi connectivity index (χ2v) is 3.92. The summed E-state index contributed by atoms with van der Waals surface area (Å²) in [5.41, 5.74) is -0.146. The van der Waals surface area contributed by atoms with Crippen molar-refractivity contribution in [3.8, 4) is 11.8 Å². The summed E-state index contributed by atoms with van der Waals surface area (Å²) in [5, 5.41) is 3.02. The molecule has 1 rings (SSSR count). The third-order valence-electron chi connectivity index (χ3n) is 2.52. The first-order valence-corrected chi connectivity index (χ1v) is 5.87. The Balaban J connectivity index is 3.05. The molecule has 0 aromatic heterocycles. The predicted molar refractivity (Wildman–Crippen MR) is 65.4 cm³/mol. The Hall–Kier alpha value is -1.47. The quantitative estimate of drug-likeness (QED) is 0.793. The zero-order valence-corrected chi connectivity index (χ0v) is 10.5. The van der Waals surface area contributed by atoms with Crippen LogP contribution in [0.2, 0.25) is 0 Å². The lowest BCUT2D eigenvalue weighted by Crippen LogP contribution is -2.24. The van der Waals surface area contributed by atoms with E-state index in [-0.39, 0.29) is 12.0 Å². The maximum absolute atomic E-state index is 13.6. The molecule has 18 heavy (non-hydrogen) atoms. The van der Waals surface area contributed by atoms with Crippen LogP contribution >= 0.6 is 0 Å². The minimum absolute atomic E-state index is 0.146. The van der Waals surface area contributed by atoms with E-state index in [4.69, 9.17) is 0 Å². The summed E-state index contributed by atoms with van der Waals surface area (Å²) in [7, 11) is 0. The second kappa shape index (κ2) is 7.07. The molecule has 1 unspecified atom stereocenters. The highest BCUT2D eigenvalue weighted by Gasteiger charge is 2.20. The highest BCUT2D eigenvalue weighted by molar-refractivity contribution is 5.25. The van der Waals surface area contributed by atoms with Crippen molar-refractivity contribution in [1.82, 2.24) is 5.32 Å². The summed E-state index contributed by atoms with van der Waals surface area (Å²) in [6, 6.07) is 0.828. The minimum atomic E-state index is -0.912. The molecule has 0 radical (unpaired) electrons. The lowest BCUT2D eigenvalue weighted by atomic mass is 10.0. The highest BCUT2D eigenvalue weighted by Crippen LogP contribution is 2.24. The highest BCUT2D eigenvalue weighted by atomic mass is 19.1. The molecule has 0 amide bonds. The van der Waals surface area contributed by atoms with Gasteiger partial charge in [0.2, 0.25) is 0 Å². The molecule has 4 heteroatoms. The second-order valence-electron chi connectivity index (χ2n) is 3.92. The topological polar surface area (TPSA) is 12.0 Å². The van der Waals surface area contributed by atoms with Crippen LogP contribution in [0.4, 0.5) is 13.2 Å². The van der Waals surface area contributed by atoms with Gasteiger partial charge in [0, 0.05) is 30.2 Å². The zero-order chi connectivity index (χ0) is 13.5. The van der Waals surface area contributed by atoms with Gasteiger partial charge in [0.1, 0.15) is 17.5 Å². The van der Waals surface area contributed by atoms with E-state index in [1.165, 1.54) is 0 Å². The molecule has 0 aliphatic carbocycles. The Labute approximate surface area is 105 Å². The fourth-order valence-electron chi connectivity index (χ4n) is 1.69.